The van der Waals surface area contributed by atoms with Crippen LogP contribution in [-0.2, 0) is 14.3 Å². The molecule has 0 bridgehead atoms. The fourth-order valence-electron chi connectivity index (χ4n) is 6.11. The minimum atomic E-state index is -1.34. The molecular formula is C41H82O7. The molecule has 4 N–H and O–H groups in total. The van der Waals surface area contributed by atoms with Gasteiger partial charge in [-0.1, -0.05) is 194 Å². The van der Waals surface area contributed by atoms with Gasteiger partial charge in [0.05, 0.1) is 19.8 Å². The van der Waals surface area contributed by atoms with Gasteiger partial charge in [0, 0.05) is 12.8 Å². The molecule has 2 unspecified atom stereocenters. The van der Waals surface area contributed by atoms with E-state index in [0.29, 0.717) is 0 Å². The first kappa shape index (κ1) is 49.1. The van der Waals surface area contributed by atoms with E-state index in [0.717, 1.165) is 38.5 Å². The number of unbranched alkanes of at least 4 members (excludes halogenated alkanes) is 28. The molecule has 0 aromatic carbocycles. The third-order valence-electron chi connectivity index (χ3n) is 9.22. The third kappa shape index (κ3) is 37.8. The highest BCUT2D eigenvalue weighted by Gasteiger charge is 2.29. The minimum absolute atomic E-state index is 0.125. The minimum Gasteiger partial charge on any atom is -0.451 e. The molecule has 0 aliphatic carbocycles. The molecule has 7 nitrogen and oxygen atoms in total. The maximum atomic E-state index is 12.7. The van der Waals surface area contributed by atoms with Crippen molar-refractivity contribution in [2.45, 2.75) is 232 Å². The van der Waals surface area contributed by atoms with Crippen molar-refractivity contribution >= 4 is 11.8 Å². The van der Waals surface area contributed by atoms with Crippen LogP contribution >= 0.6 is 0 Å². The number of esters is 1. The van der Waals surface area contributed by atoms with Crippen molar-refractivity contribution < 1.29 is 34.8 Å². The van der Waals surface area contributed by atoms with E-state index in [1.165, 1.54) is 154 Å². The lowest BCUT2D eigenvalue weighted by Gasteiger charge is -2.20. The molecule has 0 aliphatic rings. The van der Waals surface area contributed by atoms with Crippen LogP contribution in [0.25, 0.3) is 0 Å². The molecule has 0 saturated carbocycles. The topological polar surface area (TPSA) is 124 Å². The molecule has 0 saturated heterocycles. The van der Waals surface area contributed by atoms with Gasteiger partial charge in [0.1, 0.15) is 6.10 Å². The van der Waals surface area contributed by atoms with E-state index in [1.807, 2.05) is 0 Å². The summed E-state index contributed by atoms with van der Waals surface area (Å²) in [5.74, 6) is -0.715. The summed E-state index contributed by atoms with van der Waals surface area (Å²) < 4.78 is 5.36. The standard InChI is InChI=1S/C39H76O5.C2H6O2/c1-3-5-7-9-11-13-15-17-19-21-23-25-27-29-31-33-36(41)39(37(42)35-40)44-38(43)34-32-30-28-26-24-22-20-18-16-14-12-10-8-6-4-2;3-1-2-4/h37,39-40,42H,3-35H2,1-2H3;3-4H,1-2H2. The van der Waals surface area contributed by atoms with Crippen molar-refractivity contribution in [1.29, 1.82) is 0 Å². The molecule has 0 amide bonds. The maximum absolute atomic E-state index is 12.7. The number of Topliss-reactive ketones (excluding diaryl/α,β-unsaturated/α-hetero) is 1. The summed E-state index contributed by atoms with van der Waals surface area (Å²) >= 11 is 0. The van der Waals surface area contributed by atoms with Gasteiger partial charge in [-0.15, -0.1) is 0 Å². The van der Waals surface area contributed by atoms with E-state index in [4.69, 9.17) is 14.9 Å². The summed E-state index contributed by atoms with van der Waals surface area (Å²) in [7, 11) is 0. The largest absolute Gasteiger partial charge is 0.451 e. The zero-order chi connectivity index (χ0) is 35.8. The number of ether oxygens (including phenoxy) is 1. The van der Waals surface area contributed by atoms with Gasteiger partial charge in [-0.25, -0.2) is 0 Å². The van der Waals surface area contributed by atoms with E-state index in [-0.39, 0.29) is 31.8 Å². The number of hydrogen-bond donors (Lipinski definition) is 4. The number of carbonyl (C=O) groups excluding carboxylic acids is 2. The van der Waals surface area contributed by atoms with Crippen molar-refractivity contribution in [1.82, 2.24) is 0 Å². The Hall–Kier alpha value is -1.02. The van der Waals surface area contributed by atoms with E-state index < -0.39 is 24.8 Å². The van der Waals surface area contributed by atoms with E-state index in [9.17, 15) is 19.8 Å². The number of hydrogen-bond acceptors (Lipinski definition) is 7. The van der Waals surface area contributed by atoms with Gasteiger partial charge in [0.15, 0.2) is 11.9 Å². The summed E-state index contributed by atoms with van der Waals surface area (Å²) in [4.78, 5) is 25.0. The molecule has 0 aromatic rings. The number of carbonyl (C=O) groups is 2. The SMILES string of the molecule is CCCCCCCCCCCCCCCCCC(=O)OC(C(=O)CCCCCCCCCCCCCCCCC)C(O)CO.OCCO. The normalized spacial score (nSPS) is 12.4. The highest BCUT2D eigenvalue weighted by Crippen LogP contribution is 2.17. The Balaban J connectivity index is 0. The first-order valence-electron chi connectivity index (χ1n) is 20.7. The van der Waals surface area contributed by atoms with E-state index in [2.05, 4.69) is 13.8 Å². The molecule has 0 aliphatic heterocycles. The first-order chi connectivity index (χ1) is 23.5. The van der Waals surface area contributed by atoms with Gasteiger partial charge in [-0.2, -0.15) is 0 Å². The first-order valence-corrected chi connectivity index (χ1v) is 20.7. The van der Waals surface area contributed by atoms with Crippen molar-refractivity contribution in [2.75, 3.05) is 19.8 Å². The number of rotatable bonds is 37. The Bertz CT molecular complexity index is 640. The third-order valence-corrected chi connectivity index (χ3v) is 9.22. The molecule has 0 aromatic heterocycles. The molecule has 2 atom stereocenters. The molecule has 0 radical (unpaired) electrons. The van der Waals surface area contributed by atoms with Gasteiger partial charge in [-0.05, 0) is 12.8 Å². The van der Waals surface area contributed by atoms with Crippen LogP contribution < -0.4 is 0 Å². The zero-order valence-electron chi connectivity index (χ0n) is 31.9. The van der Waals surface area contributed by atoms with Crippen LogP contribution in [0.3, 0.4) is 0 Å². The summed E-state index contributed by atoms with van der Waals surface area (Å²) in [6, 6.07) is 0. The average molecular weight is 687 g/mol. The van der Waals surface area contributed by atoms with Gasteiger partial charge < -0.3 is 25.2 Å². The van der Waals surface area contributed by atoms with Gasteiger partial charge in [-0.3, -0.25) is 9.59 Å². The van der Waals surface area contributed by atoms with Crippen molar-refractivity contribution in [3.63, 3.8) is 0 Å². The Morgan fingerprint density at radius 2 is 0.708 bits per heavy atom. The van der Waals surface area contributed by atoms with E-state index >= 15 is 0 Å². The lowest BCUT2D eigenvalue weighted by Crippen LogP contribution is -2.40. The Morgan fingerprint density at radius 3 is 0.979 bits per heavy atom. The lowest BCUT2D eigenvalue weighted by atomic mass is 10.0. The maximum Gasteiger partial charge on any atom is 0.306 e. The fourth-order valence-corrected chi connectivity index (χ4v) is 6.11. The van der Waals surface area contributed by atoms with Crippen molar-refractivity contribution in [2.24, 2.45) is 0 Å². The predicted octanol–water partition coefficient (Wildman–Crippen LogP) is 10.3. The number of aliphatic hydroxyl groups is 4. The second-order valence-corrected chi connectivity index (χ2v) is 14.0. The van der Waals surface area contributed by atoms with Crippen LogP contribution in [0.15, 0.2) is 0 Å². The van der Waals surface area contributed by atoms with Crippen molar-refractivity contribution in [3.05, 3.63) is 0 Å². The van der Waals surface area contributed by atoms with Crippen LogP contribution in [0.1, 0.15) is 219 Å². The second-order valence-electron chi connectivity index (χ2n) is 14.0. The van der Waals surface area contributed by atoms with Crippen LogP contribution in [0.5, 0.6) is 0 Å². The zero-order valence-corrected chi connectivity index (χ0v) is 31.9. The predicted molar refractivity (Wildman–Crippen MR) is 201 cm³/mol. The quantitative estimate of drug-likeness (QED) is 0.0379. The highest BCUT2D eigenvalue weighted by molar-refractivity contribution is 5.86. The Kier molecular flexibility index (Phi) is 43.1. The molecule has 7 heteroatoms. The van der Waals surface area contributed by atoms with Gasteiger partial charge in [0.25, 0.3) is 0 Å². The second kappa shape index (κ2) is 42.1. The van der Waals surface area contributed by atoms with Crippen molar-refractivity contribution in [3.8, 4) is 0 Å². The van der Waals surface area contributed by atoms with Gasteiger partial charge in [0.2, 0.25) is 0 Å². The smallest absolute Gasteiger partial charge is 0.306 e. The summed E-state index contributed by atoms with van der Waals surface area (Å²) in [5.41, 5.74) is 0. The summed E-state index contributed by atoms with van der Waals surface area (Å²) in [6.07, 6.45) is 35.9. The molecule has 0 spiro atoms. The Labute approximate surface area is 297 Å². The van der Waals surface area contributed by atoms with Crippen LogP contribution in [0.2, 0.25) is 0 Å². The average Bonchev–Trinajstić information content (AvgIpc) is 3.10. The van der Waals surface area contributed by atoms with Crippen LogP contribution in [0.4, 0.5) is 0 Å². The van der Waals surface area contributed by atoms with E-state index in [1.54, 1.807) is 0 Å². The fraction of sp³-hybridized carbons (Fsp3) is 0.951. The summed E-state index contributed by atoms with van der Waals surface area (Å²) in [6.45, 7) is 3.70. The highest BCUT2D eigenvalue weighted by atomic mass is 16.6. The summed E-state index contributed by atoms with van der Waals surface area (Å²) in [5, 5.41) is 34.8. The van der Waals surface area contributed by atoms with Crippen LogP contribution in [-0.4, -0.2) is 64.2 Å². The molecular weight excluding hydrogens is 604 g/mol. The number of aliphatic hydroxyl groups excluding tert-OH is 4. The number of ketones is 1. The molecule has 288 valence electrons. The monoisotopic (exact) mass is 687 g/mol. The van der Waals surface area contributed by atoms with Gasteiger partial charge >= 0.3 is 5.97 Å². The lowest BCUT2D eigenvalue weighted by molar-refractivity contribution is -0.163. The Morgan fingerprint density at radius 1 is 0.438 bits per heavy atom. The van der Waals surface area contributed by atoms with Crippen LogP contribution in [0, 0.1) is 0 Å². The molecule has 0 heterocycles. The molecule has 0 rings (SSSR count). The molecule has 0 fully saturated rings. The molecule has 48 heavy (non-hydrogen) atoms.